The summed E-state index contributed by atoms with van der Waals surface area (Å²) in [5, 5.41) is 4.04. The molecule has 0 saturated heterocycles. The van der Waals surface area contributed by atoms with Crippen LogP contribution in [0.1, 0.15) is 39.5 Å². The Morgan fingerprint density at radius 3 is 2.00 bits per heavy atom. The minimum absolute atomic E-state index is 0.0372. The summed E-state index contributed by atoms with van der Waals surface area (Å²) < 4.78 is 37.8. The minimum Gasteiger partial charge on any atom is -0.354 e. The highest BCUT2D eigenvalue weighted by atomic mass is 19.4. The van der Waals surface area contributed by atoms with Crippen LogP contribution < -0.4 is 10.6 Å². The van der Waals surface area contributed by atoms with Gasteiger partial charge in [-0.15, -0.1) is 0 Å². The predicted molar refractivity (Wildman–Crippen MR) is 60.8 cm³/mol. The van der Waals surface area contributed by atoms with E-state index >= 15 is 0 Å². The van der Waals surface area contributed by atoms with Crippen molar-refractivity contribution in [3.8, 4) is 0 Å². The van der Waals surface area contributed by atoms with Gasteiger partial charge in [-0.25, -0.2) is 0 Å². The molecule has 0 rings (SSSR count). The van der Waals surface area contributed by atoms with Gasteiger partial charge < -0.3 is 10.6 Å². The van der Waals surface area contributed by atoms with Gasteiger partial charge in [0.15, 0.2) is 0 Å². The zero-order chi connectivity index (χ0) is 14.2. The molecule has 1 atom stereocenters. The van der Waals surface area contributed by atoms with Crippen molar-refractivity contribution in [1.82, 2.24) is 10.6 Å². The maximum Gasteiger partial charge on any atom is 0.410 e. The molecule has 0 aromatic rings. The fourth-order valence-electron chi connectivity index (χ4n) is 1.27. The van der Waals surface area contributed by atoms with Crippen LogP contribution in [-0.4, -0.2) is 30.6 Å². The lowest BCUT2D eigenvalue weighted by Gasteiger charge is -2.22. The molecular weight excluding hydrogens is 249 g/mol. The number of alkyl halides is 3. The van der Waals surface area contributed by atoms with Crippen LogP contribution in [0.4, 0.5) is 13.2 Å². The Hall–Kier alpha value is -1.27. The van der Waals surface area contributed by atoms with E-state index in [0.717, 1.165) is 0 Å². The topological polar surface area (TPSA) is 58.2 Å². The van der Waals surface area contributed by atoms with Crippen LogP contribution >= 0.6 is 0 Å². The van der Waals surface area contributed by atoms with Crippen molar-refractivity contribution in [2.75, 3.05) is 6.54 Å². The number of amides is 2. The maximum absolute atomic E-state index is 12.6. The molecule has 0 spiro atoms. The molecule has 0 aliphatic rings. The van der Waals surface area contributed by atoms with E-state index in [1.165, 1.54) is 0 Å². The van der Waals surface area contributed by atoms with Crippen LogP contribution in [-0.2, 0) is 9.59 Å². The second-order valence-electron chi connectivity index (χ2n) is 3.97. The Balaban J connectivity index is 4.33. The Morgan fingerprint density at radius 1 is 1.06 bits per heavy atom. The van der Waals surface area contributed by atoms with Gasteiger partial charge in [0.05, 0.1) is 0 Å². The molecule has 0 unspecified atom stereocenters. The van der Waals surface area contributed by atoms with Crippen molar-refractivity contribution < 1.29 is 22.8 Å². The molecule has 0 aromatic carbocycles. The average molecular weight is 268 g/mol. The highest BCUT2D eigenvalue weighted by Gasteiger charge is 2.40. The second kappa shape index (κ2) is 7.94. The third-order valence-electron chi connectivity index (χ3n) is 2.19. The average Bonchev–Trinajstić information content (AvgIpc) is 2.23. The molecular formula is C11H19F3N2O2. The van der Waals surface area contributed by atoms with E-state index in [1.54, 1.807) is 13.8 Å². The lowest BCUT2D eigenvalue weighted by Crippen LogP contribution is -2.52. The van der Waals surface area contributed by atoms with Crippen LogP contribution in [0.15, 0.2) is 0 Å². The molecule has 0 radical (unpaired) electrons. The lowest BCUT2D eigenvalue weighted by atomic mass is 10.2. The van der Waals surface area contributed by atoms with Gasteiger partial charge >= 0.3 is 6.18 Å². The molecule has 4 nitrogen and oxygen atoms in total. The number of hydrogen-bond donors (Lipinski definition) is 2. The van der Waals surface area contributed by atoms with Gasteiger partial charge in [-0.2, -0.15) is 13.2 Å². The van der Waals surface area contributed by atoms with Crippen LogP contribution in [0.2, 0.25) is 0 Å². The fourth-order valence-corrected chi connectivity index (χ4v) is 1.27. The van der Waals surface area contributed by atoms with E-state index in [-0.39, 0.29) is 12.8 Å². The number of hydrogen-bond acceptors (Lipinski definition) is 2. The van der Waals surface area contributed by atoms with Crippen molar-refractivity contribution >= 4 is 11.8 Å². The molecule has 18 heavy (non-hydrogen) atoms. The monoisotopic (exact) mass is 268 g/mol. The first-order valence-electron chi connectivity index (χ1n) is 5.94. The smallest absolute Gasteiger partial charge is 0.354 e. The van der Waals surface area contributed by atoms with Crippen LogP contribution in [0.25, 0.3) is 0 Å². The summed E-state index contributed by atoms with van der Waals surface area (Å²) in [5.74, 6) is -1.11. The summed E-state index contributed by atoms with van der Waals surface area (Å²) in [6, 6.07) is -2.03. The minimum atomic E-state index is -4.57. The summed E-state index contributed by atoms with van der Waals surface area (Å²) >= 11 is 0. The normalized spacial score (nSPS) is 12.9. The van der Waals surface area contributed by atoms with Gasteiger partial charge in [-0.3, -0.25) is 9.59 Å². The number of halogens is 3. The Kier molecular flexibility index (Phi) is 7.38. The summed E-state index contributed by atoms with van der Waals surface area (Å²) in [5.41, 5.74) is 0. The highest BCUT2D eigenvalue weighted by Crippen LogP contribution is 2.19. The highest BCUT2D eigenvalue weighted by molar-refractivity contribution is 5.77. The number of carbonyl (C=O) groups is 2. The molecule has 2 N–H and O–H groups in total. The van der Waals surface area contributed by atoms with Crippen molar-refractivity contribution in [1.29, 1.82) is 0 Å². The summed E-state index contributed by atoms with van der Waals surface area (Å²) in [6.07, 6.45) is -3.32. The Morgan fingerprint density at radius 2 is 1.56 bits per heavy atom. The molecule has 0 heterocycles. The molecule has 0 aliphatic carbocycles. The second-order valence-corrected chi connectivity index (χ2v) is 3.97. The third-order valence-corrected chi connectivity index (χ3v) is 2.19. The summed E-state index contributed by atoms with van der Waals surface area (Å²) in [7, 11) is 0. The van der Waals surface area contributed by atoms with E-state index in [9.17, 15) is 22.8 Å². The SMILES string of the molecule is CCCC(=O)NC[C@@H](NC(=O)CCC)C(F)(F)F. The molecule has 2 amide bonds. The van der Waals surface area contributed by atoms with E-state index in [2.05, 4.69) is 5.32 Å². The number of nitrogens with one attached hydrogen (secondary N) is 2. The van der Waals surface area contributed by atoms with Crippen LogP contribution in [0.3, 0.4) is 0 Å². The maximum atomic E-state index is 12.6. The van der Waals surface area contributed by atoms with E-state index in [4.69, 9.17) is 0 Å². The van der Waals surface area contributed by atoms with Crippen molar-refractivity contribution in [2.45, 2.75) is 51.7 Å². The van der Waals surface area contributed by atoms with Crippen molar-refractivity contribution in [3.63, 3.8) is 0 Å². The molecule has 0 bridgehead atoms. The molecule has 0 aromatic heterocycles. The van der Waals surface area contributed by atoms with Crippen LogP contribution in [0, 0.1) is 0 Å². The van der Waals surface area contributed by atoms with Gasteiger partial charge in [0.2, 0.25) is 11.8 Å². The van der Waals surface area contributed by atoms with E-state index in [0.29, 0.717) is 12.8 Å². The Labute approximate surface area is 104 Å². The first-order valence-corrected chi connectivity index (χ1v) is 5.94. The predicted octanol–water partition coefficient (Wildman–Crippen LogP) is 1.75. The van der Waals surface area contributed by atoms with E-state index in [1.807, 2.05) is 5.32 Å². The molecule has 0 saturated carbocycles. The summed E-state index contributed by atoms with van der Waals surface area (Å²) in [6.45, 7) is 2.83. The standard InChI is InChI=1S/C11H19F3N2O2/c1-3-5-9(17)15-7-8(11(12,13)14)16-10(18)6-4-2/h8H,3-7H2,1-2H3,(H,15,17)(H,16,18)/t8-/m1/s1. The summed E-state index contributed by atoms with van der Waals surface area (Å²) in [4.78, 5) is 22.2. The largest absolute Gasteiger partial charge is 0.410 e. The van der Waals surface area contributed by atoms with Gasteiger partial charge in [0.1, 0.15) is 6.04 Å². The van der Waals surface area contributed by atoms with Gasteiger partial charge in [-0.1, -0.05) is 13.8 Å². The first-order chi connectivity index (χ1) is 8.31. The van der Waals surface area contributed by atoms with E-state index < -0.39 is 30.6 Å². The number of rotatable bonds is 7. The molecule has 0 fully saturated rings. The quantitative estimate of drug-likeness (QED) is 0.739. The van der Waals surface area contributed by atoms with Crippen molar-refractivity contribution in [2.24, 2.45) is 0 Å². The zero-order valence-corrected chi connectivity index (χ0v) is 10.6. The van der Waals surface area contributed by atoms with Gasteiger partial charge in [0.25, 0.3) is 0 Å². The van der Waals surface area contributed by atoms with Crippen LogP contribution in [0.5, 0.6) is 0 Å². The third kappa shape index (κ3) is 7.13. The first kappa shape index (κ1) is 16.7. The lowest BCUT2D eigenvalue weighted by molar-refractivity contribution is -0.161. The molecule has 106 valence electrons. The zero-order valence-electron chi connectivity index (χ0n) is 10.6. The molecule has 7 heteroatoms. The Bertz CT molecular complexity index is 280. The van der Waals surface area contributed by atoms with Crippen molar-refractivity contribution in [3.05, 3.63) is 0 Å². The number of carbonyl (C=O) groups excluding carboxylic acids is 2. The molecule has 0 aliphatic heterocycles. The van der Waals surface area contributed by atoms with Gasteiger partial charge in [0, 0.05) is 19.4 Å². The van der Waals surface area contributed by atoms with Gasteiger partial charge in [-0.05, 0) is 12.8 Å². The fraction of sp³-hybridized carbons (Fsp3) is 0.818.